The maximum absolute atomic E-state index is 10.9. The molecule has 1 amide bonds. The van der Waals surface area contributed by atoms with E-state index in [4.69, 9.17) is 4.74 Å². The van der Waals surface area contributed by atoms with Gasteiger partial charge in [-0.3, -0.25) is 10.1 Å². The van der Waals surface area contributed by atoms with Crippen molar-refractivity contribution in [1.29, 1.82) is 0 Å². The Bertz CT molecular complexity index is 362. The van der Waals surface area contributed by atoms with Crippen LogP contribution in [0.1, 0.15) is 11.7 Å². The summed E-state index contributed by atoms with van der Waals surface area (Å²) in [7, 11) is 0. The number of rotatable bonds is 1. The summed E-state index contributed by atoms with van der Waals surface area (Å²) >= 11 is 0. The van der Waals surface area contributed by atoms with Gasteiger partial charge in [0.1, 0.15) is 0 Å². The summed E-state index contributed by atoms with van der Waals surface area (Å²) in [4.78, 5) is 21.5. The predicted molar refractivity (Wildman–Crippen MR) is 45.4 cm³/mol. The van der Waals surface area contributed by atoms with Gasteiger partial charge < -0.3 is 4.74 Å². The average molecular weight is 177 g/mol. The van der Waals surface area contributed by atoms with Gasteiger partial charge in [0.25, 0.3) is 0 Å². The summed E-state index contributed by atoms with van der Waals surface area (Å²) in [6, 6.07) is 7.04. The second-order valence-electron chi connectivity index (χ2n) is 2.67. The number of benzene rings is 1. The minimum atomic E-state index is -0.773. The molecule has 2 rings (SSSR count). The summed E-state index contributed by atoms with van der Waals surface area (Å²) < 4.78 is 4.74. The number of hydrogen-bond donors (Lipinski definition) is 1. The Hall–Kier alpha value is -1.84. The van der Waals surface area contributed by atoms with Crippen LogP contribution in [0.5, 0.6) is 0 Å². The fraction of sp³-hybridized carbons (Fsp3) is 0.111. The lowest BCUT2D eigenvalue weighted by atomic mass is 10.1. The molecule has 0 spiro atoms. The van der Waals surface area contributed by atoms with Crippen LogP contribution in [-0.2, 0) is 9.53 Å². The van der Waals surface area contributed by atoms with Gasteiger partial charge in [0.05, 0.1) is 5.69 Å². The van der Waals surface area contributed by atoms with Gasteiger partial charge in [-0.05, 0) is 6.07 Å². The summed E-state index contributed by atoms with van der Waals surface area (Å²) in [5, 5.41) is 2.50. The maximum atomic E-state index is 10.9. The predicted octanol–water partition coefficient (Wildman–Crippen LogP) is 1.49. The first-order chi connectivity index (χ1) is 6.31. The number of amides is 1. The van der Waals surface area contributed by atoms with Crippen LogP contribution < -0.4 is 5.32 Å². The van der Waals surface area contributed by atoms with Crippen LogP contribution in [-0.4, -0.2) is 12.4 Å². The number of aldehydes is 1. The van der Waals surface area contributed by atoms with E-state index in [1.807, 2.05) is 0 Å². The third-order valence-electron chi connectivity index (χ3n) is 1.86. The molecule has 1 aromatic carbocycles. The lowest BCUT2D eigenvalue weighted by Gasteiger charge is -2.21. The summed E-state index contributed by atoms with van der Waals surface area (Å²) in [6.45, 7) is 0. The summed E-state index contributed by atoms with van der Waals surface area (Å²) in [5.41, 5.74) is 1.33. The average Bonchev–Trinajstić information content (AvgIpc) is 2.16. The number of fused-ring (bicyclic) bond motifs is 1. The molecule has 0 fully saturated rings. The SMILES string of the molecule is O=CC1OC(=O)Nc2ccccc21. The molecule has 0 saturated carbocycles. The lowest BCUT2D eigenvalue weighted by molar-refractivity contribution is -0.115. The number of cyclic esters (lactones) is 1. The Labute approximate surface area is 74.5 Å². The minimum absolute atomic E-state index is 0.587. The van der Waals surface area contributed by atoms with Crippen LogP contribution in [0.3, 0.4) is 0 Å². The number of carbonyl (C=O) groups is 2. The van der Waals surface area contributed by atoms with E-state index in [1.165, 1.54) is 0 Å². The largest absolute Gasteiger partial charge is 0.433 e. The van der Waals surface area contributed by atoms with E-state index in [2.05, 4.69) is 5.32 Å². The normalized spacial score (nSPS) is 19.7. The molecule has 13 heavy (non-hydrogen) atoms. The topological polar surface area (TPSA) is 55.4 Å². The first kappa shape index (κ1) is 7.79. The van der Waals surface area contributed by atoms with Crippen LogP contribution in [0.2, 0.25) is 0 Å². The molecule has 1 unspecified atom stereocenters. The first-order valence-corrected chi connectivity index (χ1v) is 3.83. The fourth-order valence-electron chi connectivity index (χ4n) is 1.28. The molecule has 0 saturated heterocycles. The third kappa shape index (κ3) is 1.26. The van der Waals surface area contributed by atoms with Crippen LogP contribution in [0.25, 0.3) is 0 Å². The Kier molecular flexibility index (Phi) is 1.73. The van der Waals surface area contributed by atoms with Gasteiger partial charge in [0.15, 0.2) is 12.4 Å². The Morgan fingerprint density at radius 2 is 2.15 bits per heavy atom. The van der Waals surface area contributed by atoms with Crippen molar-refractivity contribution in [2.24, 2.45) is 0 Å². The van der Waals surface area contributed by atoms with Crippen molar-refractivity contribution >= 4 is 18.1 Å². The van der Waals surface area contributed by atoms with Crippen LogP contribution in [0.4, 0.5) is 10.5 Å². The molecule has 66 valence electrons. The fourth-order valence-corrected chi connectivity index (χ4v) is 1.28. The van der Waals surface area contributed by atoms with Crippen molar-refractivity contribution in [3.63, 3.8) is 0 Å². The molecule has 1 atom stereocenters. The molecular formula is C9H7NO3. The molecule has 1 heterocycles. The van der Waals surface area contributed by atoms with Crippen molar-refractivity contribution in [1.82, 2.24) is 0 Å². The van der Waals surface area contributed by atoms with Crippen molar-refractivity contribution < 1.29 is 14.3 Å². The van der Waals surface area contributed by atoms with Crippen molar-refractivity contribution in [2.45, 2.75) is 6.10 Å². The number of hydrogen-bond acceptors (Lipinski definition) is 3. The van der Waals surface area contributed by atoms with Gasteiger partial charge in [-0.1, -0.05) is 18.2 Å². The highest BCUT2D eigenvalue weighted by Gasteiger charge is 2.24. The van der Waals surface area contributed by atoms with Crippen LogP contribution in [0, 0.1) is 0 Å². The maximum Gasteiger partial charge on any atom is 0.412 e. The Morgan fingerprint density at radius 3 is 2.92 bits per heavy atom. The molecule has 0 aliphatic carbocycles. The van der Waals surface area contributed by atoms with Gasteiger partial charge in [0, 0.05) is 5.56 Å². The monoisotopic (exact) mass is 177 g/mol. The van der Waals surface area contributed by atoms with Gasteiger partial charge in [-0.15, -0.1) is 0 Å². The van der Waals surface area contributed by atoms with Gasteiger partial charge in [0.2, 0.25) is 0 Å². The molecular weight excluding hydrogens is 170 g/mol. The van der Waals surface area contributed by atoms with Crippen LogP contribution in [0.15, 0.2) is 24.3 Å². The van der Waals surface area contributed by atoms with E-state index in [9.17, 15) is 9.59 Å². The van der Waals surface area contributed by atoms with E-state index in [0.29, 0.717) is 17.5 Å². The molecule has 4 heteroatoms. The lowest BCUT2D eigenvalue weighted by Crippen LogP contribution is -2.25. The Balaban J connectivity index is 2.48. The third-order valence-corrected chi connectivity index (χ3v) is 1.86. The number of ether oxygens (including phenoxy) is 1. The zero-order valence-electron chi connectivity index (χ0n) is 6.69. The second-order valence-corrected chi connectivity index (χ2v) is 2.67. The number of para-hydroxylation sites is 1. The van der Waals surface area contributed by atoms with Crippen molar-refractivity contribution in [2.75, 3.05) is 5.32 Å². The van der Waals surface area contributed by atoms with E-state index < -0.39 is 12.2 Å². The molecule has 4 nitrogen and oxygen atoms in total. The zero-order chi connectivity index (χ0) is 9.26. The molecule has 1 aromatic rings. The van der Waals surface area contributed by atoms with Crippen molar-refractivity contribution in [3.05, 3.63) is 29.8 Å². The number of carbonyl (C=O) groups excluding carboxylic acids is 2. The van der Waals surface area contributed by atoms with Crippen molar-refractivity contribution in [3.8, 4) is 0 Å². The second kappa shape index (κ2) is 2.90. The van der Waals surface area contributed by atoms with E-state index in [-0.39, 0.29) is 0 Å². The zero-order valence-corrected chi connectivity index (χ0v) is 6.69. The van der Waals surface area contributed by atoms with Gasteiger partial charge in [-0.2, -0.15) is 0 Å². The highest BCUT2D eigenvalue weighted by Crippen LogP contribution is 2.28. The molecule has 1 aliphatic rings. The molecule has 1 aliphatic heterocycles. The number of nitrogens with one attached hydrogen (secondary N) is 1. The smallest absolute Gasteiger partial charge is 0.412 e. The highest BCUT2D eigenvalue weighted by molar-refractivity contribution is 5.90. The summed E-state index contributed by atoms with van der Waals surface area (Å²) in [5.74, 6) is 0. The number of anilines is 1. The molecule has 0 aromatic heterocycles. The van der Waals surface area contributed by atoms with Crippen LogP contribution >= 0.6 is 0 Å². The van der Waals surface area contributed by atoms with Gasteiger partial charge >= 0.3 is 6.09 Å². The van der Waals surface area contributed by atoms with E-state index in [0.717, 1.165) is 0 Å². The highest BCUT2D eigenvalue weighted by atomic mass is 16.6. The molecule has 0 bridgehead atoms. The Morgan fingerprint density at radius 1 is 1.38 bits per heavy atom. The summed E-state index contributed by atoms with van der Waals surface area (Å²) in [6.07, 6.45) is -0.752. The first-order valence-electron chi connectivity index (χ1n) is 3.83. The standard InChI is InChI=1S/C9H7NO3/c11-5-8-6-3-1-2-4-7(6)10-9(12)13-8/h1-5,8H,(H,10,12). The molecule has 0 radical (unpaired) electrons. The minimum Gasteiger partial charge on any atom is -0.433 e. The van der Waals surface area contributed by atoms with Gasteiger partial charge in [-0.25, -0.2) is 4.79 Å². The quantitative estimate of drug-likeness (QED) is 0.661. The molecule has 1 N–H and O–H groups in total. The van der Waals surface area contributed by atoms with E-state index in [1.54, 1.807) is 24.3 Å². The van der Waals surface area contributed by atoms with E-state index >= 15 is 0 Å².